The summed E-state index contributed by atoms with van der Waals surface area (Å²) in [5.74, 6) is -0.168. The lowest BCUT2D eigenvalue weighted by atomic mass is 10.1. The van der Waals surface area contributed by atoms with Gasteiger partial charge >= 0.3 is 5.97 Å². The highest BCUT2D eigenvalue weighted by atomic mass is 16.5. The van der Waals surface area contributed by atoms with Crippen molar-refractivity contribution in [2.75, 3.05) is 6.61 Å². The van der Waals surface area contributed by atoms with Gasteiger partial charge in [0.2, 0.25) is 0 Å². The van der Waals surface area contributed by atoms with Gasteiger partial charge in [0, 0.05) is 5.57 Å². The Labute approximate surface area is 119 Å². The highest BCUT2D eigenvalue weighted by Gasteiger charge is 2.02. The SMILES string of the molecule is CCCCCCCCCCC/C=C(\C)C(=O)OCC. The predicted molar refractivity (Wildman–Crippen MR) is 82.2 cm³/mol. The van der Waals surface area contributed by atoms with Crippen LogP contribution in [0.1, 0.15) is 85.0 Å². The highest BCUT2D eigenvalue weighted by Crippen LogP contribution is 2.11. The lowest BCUT2D eigenvalue weighted by Crippen LogP contribution is -2.04. The molecule has 0 aliphatic heterocycles. The van der Waals surface area contributed by atoms with Crippen molar-refractivity contribution < 1.29 is 9.53 Å². The van der Waals surface area contributed by atoms with E-state index in [0.717, 1.165) is 12.0 Å². The molecule has 0 aromatic rings. The Morgan fingerprint density at radius 1 is 0.895 bits per heavy atom. The van der Waals surface area contributed by atoms with Crippen molar-refractivity contribution in [1.82, 2.24) is 0 Å². The van der Waals surface area contributed by atoms with Gasteiger partial charge < -0.3 is 4.74 Å². The van der Waals surface area contributed by atoms with Gasteiger partial charge in [-0.3, -0.25) is 0 Å². The fourth-order valence-electron chi connectivity index (χ4n) is 2.10. The molecule has 0 aliphatic carbocycles. The van der Waals surface area contributed by atoms with E-state index in [9.17, 15) is 4.79 Å². The average Bonchev–Trinajstić information content (AvgIpc) is 2.41. The summed E-state index contributed by atoms with van der Waals surface area (Å²) in [5.41, 5.74) is 0.751. The summed E-state index contributed by atoms with van der Waals surface area (Å²) in [6.07, 6.45) is 15.1. The van der Waals surface area contributed by atoms with Crippen LogP contribution in [0.4, 0.5) is 0 Å². The molecule has 19 heavy (non-hydrogen) atoms. The largest absolute Gasteiger partial charge is 0.463 e. The Hall–Kier alpha value is -0.790. The van der Waals surface area contributed by atoms with Gasteiger partial charge in [0.05, 0.1) is 6.61 Å². The third kappa shape index (κ3) is 12.0. The van der Waals surface area contributed by atoms with Crippen molar-refractivity contribution in [3.05, 3.63) is 11.6 Å². The van der Waals surface area contributed by atoms with Crippen LogP contribution in [0, 0.1) is 0 Å². The molecule has 0 spiro atoms. The number of hydrogen-bond donors (Lipinski definition) is 0. The number of carbonyl (C=O) groups excluding carboxylic acids is 1. The van der Waals surface area contributed by atoms with Gasteiger partial charge in [0.1, 0.15) is 0 Å². The van der Waals surface area contributed by atoms with Crippen LogP contribution in [-0.2, 0) is 9.53 Å². The highest BCUT2D eigenvalue weighted by molar-refractivity contribution is 5.87. The van der Waals surface area contributed by atoms with Crippen molar-refractivity contribution in [2.45, 2.75) is 85.0 Å². The molecule has 0 aromatic carbocycles. The van der Waals surface area contributed by atoms with Crippen LogP contribution in [-0.4, -0.2) is 12.6 Å². The lowest BCUT2D eigenvalue weighted by Gasteiger charge is -2.02. The zero-order chi connectivity index (χ0) is 14.3. The van der Waals surface area contributed by atoms with Gasteiger partial charge in [-0.2, -0.15) is 0 Å². The summed E-state index contributed by atoms with van der Waals surface area (Å²) < 4.78 is 4.94. The van der Waals surface area contributed by atoms with Crippen LogP contribution < -0.4 is 0 Å². The van der Waals surface area contributed by atoms with Crippen LogP contribution in [0.15, 0.2) is 11.6 Å². The van der Waals surface area contributed by atoms with Crippen molar-refractivity contribution in [3.63, 3.8) is 0 Å². The first-order chi connectivity index (χ1) is 9.22. The molecule has 0 heterocycles. The van der Waals surface area contributed by atoms with E-state index in [1.807, 2.05) is 19.9 Å². The average molecular weight is 268 g/mol. The molecule has 0 aliphatic rings. The maximum Gasteiger partial charge on any atom is 0.333 e. The van der Waals surface area contributed by atoms with Gasteiger partial charge in [-0.25, -0.2) is 4.79 Å². The summed E-state index contributed by atoms with van der Waals surface area (Å²) in [4.78, 5) is 11.3. The molecule has 0 amide bonds. The second-order valence-electron chi connectivity index (χ2n) is 5.22. The number of carbonyl (C=O) groups is 1. The van der Waals surface area contributed by atoms with E-state index in [2.05, 4.69) is 6.92 Å². The summed E-state index contributed by atoms with van der Waals surface area (Å²) >= 11 is 0. The van der Waals surface area contributed by atoms with E-state index in [-0.39, 0.29) is 5.97 Å². The fraction of sp³-hybridized carbons (Fsp3) is 0.824. The molecule has 0 aromatic heterocycles. The minimum Gasteiger partial charge on any atom is -0.463 e. The van der Waals surface area contributed by atoms with E-state index in [4.69, 9.17) is 4.74 Å². The van der Waals surface area contributed by atoms with Crippen LogP contribution in [0.3, 0.4) is 0 Å². The van der Waals surface area contributed by atoms with Gasteiger partial charge in [-0.15, -0.1) is 0 Å². The summed E-state index contributed by atoms with van der Waals surface area (Å²) in [6.45, 7) is 6.39. The van der Waals surface area contributed by atoms with Crippen molar-refractivity contribution in [2.24, 2.45) is 0 Å². The number of esters is 1. The number of rotatable bonds is 12. The Morgan fingerprint density at radius 3 is 1.95 bits per heavy atom. The molecule has 0 fully saturated rings. The molecule has 2 heteroatoms. The molecule has 0 rings (SSSR count). The minimum absolute atomic E-state index is 0.168. The second-order valence-corrected chi connectivity index (χ2v) is 5.22. The van der Waals surface area contributed by atoms with Gasteiger partial charge in [0.25, 0.3) is 0 Å². The third-order valence-corrected chi connectivity index (χ3v) is 3.36. The molecular weight excluding hydrogens is 236 g/mol. The van der Waals surface area contributed by atoms with E-state index < -0.39 is 0 Å². The first kappa shape index (κ1) is 18.2. The Bertz CT molecular complexity index is 244. The van der Waals surface area contributed by atoms with Crippen molar-refractivity contribution in [1.29, 1.82) is 0 Å². The van der Waals surface area contributed by atoms with Crippen molar-refractivity contribution >= 4 is 5.97 Å². The number of allylic oxidation sites excluding steroid dienone is 1. The first-order valence-electron chi connectivity index (χ1n) is 8.06. The molecule has 0 bridgehead atoms. The second kappa shape index (κ2) is 13.6. The molecule has 0 unspecified atom stereocenters. The lowest BCUT2D eigenvalue weighted by molar-refractivity contribution is -0.138. The fourth-order valence-corrected chi connectivity index (χ4v) is 2.10. The summed E-state index contributed by atoms with van der Waals surface area (Å²) in [7, 11) is 0. The van der Waals surface area contributed by atoms with Crippen LogP contribution in [0.5, 0.6) is 0 Å². The predicted octanol–water partition coefficient (Wildman–Crippen LogP) is 5.42. The minimum atomic E-state index is -0.168. The Kier molecular flexibility index (Phi) is 13.1. The molecule has 0 saturated carbocycles. The van der Waals surface area contributed by atoms with Gasteiger partial charge in [-0.1, -0.05) is 64.4 Å². The Balaban J connectivity index is 3.35. The van der Waals surface area contributed by atoms with E-state index in [1.54, 1.807) is 0 Å². The van der Waals surface area contributed by atoms with E-state index in [0.29, 0.717) is 6.61 Å². The van der Waals surface area contributed by atoms with Crippen LogP contribution >= 0.6 is 0 Å². The maximum absolute atomic E-state index is 11.3. The summed E-state index contributed by atoms with van der Waals surface area (Å²) in [5, 5.41) is 0. The molecular formula is C17H32O2. The molecule has 0 radical (unpaired) electrons. The Morgan fingerprint density at radius 2 is 1.42 bits per heavy atom. The molecule has 112 valence electrons. The zero-order valence-corrected chi connectivity index (χ0v) is 13.2. The van der Waals surface area contributed by atoms with Gasteiger partial charge in [0.15, 0.2) is 0 Å². The maximum atomic E-state index is 11.3. The number of hydrogen-bond acceptors (Lipinski definition) is 2. The van der Waals surface area contributed by atoms with Crippen LogP contribution in [0.25, 0.3) is 0 Å². The molecule has 0 atom stereocenters. The molecule has 2 nitrogen and oxygen atoms in total. The zero-order valence-electron chi connectivity index (χ0n) is 13.2. The number of unbranched alkanes of at least 4 members (excludes halogenated alkanes) is 9. The normalized spacial score (nSPS) is 11.6. The monoisotopic (exact) mass is 268 g/mol. The summed E-state index contributed by atoms with van der Waals surface area (Å²) in [6, 6.07) is 0. The number of ether oxygens (including phenoxy) is 1. The standard InChI is InChI=1S/C17H32O2/c1-4-6-7-8-9-10-11-12-13-14-15-16(3)17(18)19-5-2/h15H,4-14H2,1-3H3/b16-15+. The van der Waals surface area contributed by atoms with E-state index in [1.165, 1.54) is 57.8 Å². The molecule has 0 saturated heterocycles. The molecule has 0 N–H and O–H groups in total. The smallest absolute Gasteiger partial charge is 0.333 e. The van der Waals surface area contributed by atoms with Gasteiger partial charge in [-0.05, 0) is 26.7 Å². The van der Waals surface area contributed by atoms with Crippen molar-refractivity contribution in [3.8, 4) is 0 Å². The van der Waals surface area contributed by atoms with Crippen LogP contribution in [0.2, 0.25) is 0 Å². The first-order valence-corrected chi connectivity index (χ1v) is 8.06. The topological polar surface area (TPSA) is 26.3 Å². The van der Waals surface area contributed by atoms with E-state index >= 15 is 0 Å². The quantitative estimate of drug-likeness (QED) is 0.268. The third-order valence-electron chi connectivity index (χ3n) is 3.36.